The number of carbonyl (C=O) groups excluding carboxylic acids is 1. The van der Waals surface area contributed by atoms with Gasteiger partial charge in [0.15, 0.2) is 0 Å². The van der Waals surface area contributed by atoms with E-state index in [1.165, 1.54) is 5.69 Å². The predicted molar refractivity (Wildman–Crippen MR) is 97.2 cm³/mol. The minimum absolute atomic E-state index is 0.302. The highest BCUT2D eigenvalue weighted by atomic mass is 35.5. The van der Waals surface area contributed by atoms with Crippen LogP contribution < -0.4 is 16.0 Å². The second kappa shape index (κ2) is 7.07. The lowest BCUT2D eigenvalue weighted by atomic mass is 10.2. The smallest absolute Gasteiger partial charge is 0.252 e. The Morgan fingerprint density at radius 1 is 1.12 bits per heavy atom. The largest absolute Gasteiger partial charge is 0.369 e. The van der Waals surface area contributed by atoms with Crippen LogP contribution in [0.1, 0.15) is 10.4 Å². The Morgan fingerprint density at radius 2 is 1.79 bits per heavy atom. The molecule has 0 saturated carbocycles. The van der Waals surface area contributed by atoms with Crippen molar-refractivity contribution in [2.45, 2.75) is 0 Å². The van der Waals surface area contributed by atoms with Gasteiger partial charge in [0, 0.05) is 37.6 Å². The first-order valence-corrected chi connectivity index (χ1v) is 8.17. The fourth-order valence-electron chi connectivity index (χ4n) is 2.69. The number of nitrogens with zero attached hydrogens (tertiary/aromatic N) is 3. The van der Waals surface area contributed by atoms with Gasteiger partial charge in [-0.05, 0) is 43.4 Å². The Morgan fingerprint density at radius 3 is 2.42 bits per heavy atom. The molecule has 7 heteroatoms. The van der Waals surface area contributed by atoms with Crippen molar-refractivity contribution in [3.8, 4) is 0 Å². The van der Waals surface area contributed by atoms with Crippen LogP contribution in [0.25, 0.3) is 0 Å². The van der Waals surface area contributed by atoms with Crippen LogP contribution in [0.4, 0.5) is 17.2 Å². The first-order chi connectivity index (χ1) is 11.5. The monoisotopic (exact) mass is 345 g/mol. The van der Waals surface area contributed by atoms with Crippen molar-refractivity contribution in [3.05, 3.63) is 47.1 Å². The lowest BCUT2D eigenvalue weighted by Crippen LogP contribution is -2.44. The zero-order valence-electron chi connectivity index (χ0n) is 13.5. The number of hydrogen-bond acceptors (Lipinski definition) is 5. The van der Waals surface area contributed by atoms with Gasteiger partial charge < -0.3 is 20.9 Å². The molecule has 1 aliphatic heterocycles. The molecular weight excluding hydrogens is 326 g/mol. The molecule has 1 saturated heterocycles. The van der Waals surface area contributed by atoms with Crippen LogP contribution in [-0.4, -0.2) is 49.0 Å². The number of amides is 1. The molecule has 0 unspecified atom stereocenters. The first-order valence-electron chi connectivity index (χ1n) is 7.80. The summed E-state index contributed by atoms with van der Waals surface area (Å²) in [7, 11) is 2.14. The highest BCUT2D eigenvalue weighted by Gasteiger charge is 2.14. The molecule has 0 bridgehead atoms. The van der Waals surface area contributed by atoms with Crippen molar-refractivity contribution in [2.75, 3.05) is 43.4 Å². The summed E-state index contributed by atoms with van der Waals surface area (Å²) in [6, 6.07) is 11.1. The van der Waals surface area contributed by atoms with Gasteiger partial charge in [-0.15, -0.1) is 0 Å². The molecule has 1 fully saturated rings. The summed E-state index contributed by atoms with van der Waals surface area (Å²) in [6.07, 6.45) is 0. The van der Waals surface area contributed by atoms with E-state index in [9.17, 15) is 4.79 Å². The summed E-state index contributed by atoms with van der Waals surface area (Å²) in [5.41, 5.74) is 7.69. The fraction of sp³-hybridized carbons (Fsp3) is 0.294. The summed E-state index contributed by atoms with van der Waals surface area (Å²) in [5, 5.41) is 3.41. The summed E-state index contributed by atoms with van der Waals surface area (Å²) in [5.74, 6) is -0.182. The average Bonchev–Trinajstić information content (AvgIpc) is 2.56. The number of pyridine rings is 1. The van der Waals surface area contributed by atoms with E-state index in [0.717, 1.165) is 31.9 Å². The topological polar surface area (TPSA) is 74.5 Å². The number of piperazine rings is 1. The Hall–Kier alpha value is -2.31. The van der Waals surface area contributed by atoms with E-state index >= 15 is 0 Å². The second-order valence-corrected chi connectivity index (χ2v) is 6.24. The molecule has 0 radical (unpaired) electrons. The van der Waals surface area contributed by atoms with Crippen molar-refractivity contribution in [3.63, 3.8) is 0 Å². The number of carbonyl (C=O) groups is 1. The average molecular weight is 346 g/mol. The van der Waals surface area contributed by atoms with Gasteiger partial charge in [0.25, 0.3) is 5.91 Å². The molecular formula is C17H20ClN5O. The molecule has 1 aromatic heterocycles. The van der Waals surface area contributed by atoms with Crippen LogP contribution in [0, 0.1) is 0 Å². The number of benzene rings is 1. The summed E-state index contributed by atoms with van der Waals surface area (Å²) >= 11 is 5.91. The lowest BCUT2D eigenvalue weighted by molar-refractivity contribution is 0.100. The SMILES string of the molecule is CN1CCN(c2ccc(Nc3nc(Cl)ccc3C(N)=O)cc2)CC1. The fourth-order valence-corrected chi connectivity index (χ4v) is 2.83. The van der Waals surface area contributed by atoms with E-state index in [2.05, 4.69) is 39.3 Å². The van der Waals surface area contributed by atoms with Gasteiger partial charge in [-0.2, -0.15) is 0 Å². The summed E-state index contributed by atoms with van der Waals surface area (Å²) < 4.78 is 0. The van der Waals surface area contributed by atoms with Gasteiger partial charge in [0.2, 0.25) is 0 Å². The molecule has 1 aromatic carbocycles. The molecule has 2 aromatic rings. The van der Waals surface area contributed by atoms with Gasteiger partial charge in [-0.25, -0.2) is 4.98 Å². The molecule has 1 amide bonds. The van der Waals surface area contributed by atoms with Crippen LogP contribution in [0.3, 0.4) is 0 Å². The third-order valence-corrected chi connectivity index (χ3v) is 4.34. The number of nitrogens with two attached hydrogens (primary N) is 1. The van der Waals surface area contributed by atoms with Crippen LogP contribution in [0.2, 0.25) is 5.15 Å². The van der Waals surface area contributed by atoms with Crippen molar-refractivity contribution < 1.29 is 4.79 Å². The summed E-state index contributed by atoms with van der Waals surface area (Å²) in [6.45, 7) is 4.17. The van der Waals surface area contributed by atoms with Crippen molar-refractivity contribution >= 4 is 34.7 Å². The Kier molecular flexibility index (Phi) is 4.87. The minimum atomic E-state index is -0.546. The first kappa shape index (κ1) is 16.5. The zero-order chi connectivity index (χ0) is 17.1. The van der Waals surface area contributed by atoms with Crippen LogP contribution in [-0.2, 0) is 0 Å². The Bertz CT molecular complexity index is 726. The number of aromatic nitrogens is 1. The van der Waals surface area contributed by atoms with Crippen molar-refractivity contribution in [1.82, 2.24) is 9.88 Å². The molecule has 3 N–H and O–H groups in total. The van der Waals surface area contributed by atoms with Crippen LogP contribution in [0.15, 0.2) is 36.4 Å². The molecule has 2 heterocycles. The molecule has 3 rings (SSSR count). The second-order valence-electron chi connectivity index (χ2n) is 5.86. The predicted octanol–water partition coefficient (Wildman–Crippen LogP) is 2.33. The standard InChI is InChI=1S/C17H20ClN5O/c1-22-8-10-23(11-9-22)13-4-2-12(3-5-13)20-17-14(16(19)24)6-7-15(18)21-17/h2-7H,8-11H2,1H3,(H2,19,24)(H,20,21). The number of anilines is 3. The van der Waals surface area contributed by atoms with E-state index in [4.69, 9.17) is 17.3 Å². The number of rotatable bonds is 4. The number of nitrogens with one attached hydrogen (secondary N) is 1. The van der Waals surface area contributed by atoms with E-state index in [0.29, 0.717) is 16.5 Å². The highest BCUT2D eigenvalue weighted by molar-refractivity contribution is 6.29. The lowest BCUT2D eigenvalue weighted by Gasteiger charge is -2.34. The van der Waals surface area contributed by atoms with Crippen LogP contribution >= 0.6 is 11.6 Å². The molecule has 6 nitrogen and oxygen atoms in total. The quantitative estimate of drug-likeness (QED) is 0.832. The molecule has 0 spiro atoms. The maximum absolute atomic E-state index is 11.5. The molecule has 0 atom stereocenters. The normalized spacial score (nSPS) is 15.3. The maximum Gasteiger partial charge on any atom is 0.252 e. The van der Waals surface area contributed by atoms with Gasteiger partial charge in [-0.1, -0.05) is 11.6 Å². The van der Waals surface area contributed by atoms with Gasteiger partial charge >= 0.3 is 0 Å². The number of primary amides is 1. The van der Waals surface area contributed by atoms with E-state index in [1.807, 2.05) is 12.1 Å². The molecule has 1 aliphatic rings. The third kappa shape index (κ3) is 3.77. The van der Waals surface area contributed by atoms with E-state index < -0.39 is 5.91 Å². The van der Waals surface area contributed by atoms with Gasteiger partial charge in [0.05, 0.1) is 5.56 Å². The third-order valence-electron chi connectivity index (χ3n) is 4.13. The minimum Gasteiger partial charge on any atom is -0.369 e. The number of halogens is 1. The summed E-state index contributed by atoms with van der Waals surface area (Å²) in [4.78, 5) is 20.3. The van der Waals surface area contributed by atoms with E-state index in [1.54, 1.807) is 12.1 Å². The molecule has 126 valence electrons. The van der Waals surface area contributed by atoms with E-state index in [-0.39, 0.29) is 0 Å². The van der Waals surface area contributed by atoms with Crippen LogP contribution in [0.5, 0.6) is 0 Å². The Labute approximate surface area is 146 Å². The number of hydrogen-bond donors (Lipinski definition) is 2. The van der Waals surface area contributed by atoms with Gasteiger partial charge in [-0.3, -0.25) is 4.79 Å². The van der Waals surface area contributed by atoms with Crippen molar-refractivity contribution in [1.29, 1.82) is 0 Å². The Balaban J connectivity index is 1.75. The molecule has 0 aliphatic carbocycles. The number of likely N-dealkylation sites (N-methyl/N-ethyl adjacent to an activating group) is 1. The maximum atomic E-state index is 11.5. The van der Waals surface area contributed by atoms with Gasteiger partial charge in [0.1, 0.15) is 11.0 Å². The zero-order valence-corrected chi connectivity index (χ0v) is 14.3. The van der Waals surface area contributed by atoms with Crippen molar-refractivity contribution in [2.24, 2.45) is 5.73 Å². The molecule has 24 heavy (non-hydrogen) atoms. The highest BCUT2D eigenvalue weighted by Crippen LogP contribution is 2.24.